The second kappa shape index (κ2) is 6.41. The zero-order valence-electron chi connectivity index (χ0n) is 11.9. The first-order chi connectivity index (χ1) is 9.95. The molecular weight excluding hydrogens is 286 g/mol. The summed E-state index contributed by atoms with van der Waals surface area (Å²) >= 11 is 1.61. The van der Waals surface area contributed by atoms with Gasteiger partial charge in [0.1, 0.15) is 0 Å². The Kier molecular flexibility index (Phi) is 4.59. The maximum atomic E-state index is 12.1. The largest absolute Gasteiger partial charge is 0.351 e. The predicted molar refractivity (Wildman–Crippen MR) is 84.6 cm³/mol. The van der Waals surface area contributed by atoms with Crippen LogP contribution in [0.25, 0.3) is 0 Å². The standard InChI is InChI=1S/C15H17N3O2S/c1-9-7-13(10(2)21-9)14(19)17-8-11-3-5-12(6-4-11)18-15(16)20/h3-7H,8H2,1-2H3,(H,17,19)(H3,16,18,20). The Morgan fingerprint density at radius 1 is 1.19 bits per heavy atom. The van der Waals surface area contributed by atoms with Crippen molar-refractivity contribution in [3.63, 3.8) is 0 Å². The highest BCUT2D eigenvalue weighted by Gasteiger charge is 2.11. The van der Waals surface area contributed by atoms with Gasteiger partial charge in [-0.3, -0.25) is 4.79 Å². The van der Waals surface area contributed by atoms with Gasteiger partial charge in [-0.2, -0.15) is 0 Å². The summed E-state index contributed by atoms with van der Waals surface area (Å²) in [5, 5.41) is 5.37. The number of hydrogen-bond acceptors (Lipinski definition) is 3. The molecule has 0 saturated heterocycles. The molecule has 0 aliphatic rings. The highest BCUT2D eigenvalue weighted by molar-refractivity contribution is 7.12. The van der Waals surface area contributed by atoms with Gasteiger partial charge in [0.15, 0.2) is 0 Å². The van der Waals surface area contributed by atoms with E-state index in [9.17, 15) is 9.59 Å². The first-order valence-electron chi connectivity index (χ1n) is 6.46. The van der Waals surface area contributed by atoms with Crippen molar-refractivity contribution in [1.82, 2.24) is 5.32 Å². The second-order valence-corrected chi connectivity index (χ2v) is 6.16. The van der Waals surface area contributed by atoms with Crippen LogP contribution in [0.4, 0.5) is 10.5 Å². The number of nitrogens with one attached hydrogen (secondary N) is 2. The number of benzene rings is 1. The Labute approximate surface area is 127 Å². The van der Waals surface area contributed by atoms with E-state index in [0.717, 1.165) is 20.9 Å². The molecule has 0 radical (unpaired) electrons. The lowest BCUT2D eigenvalue weighted by molar-refractivity contribution is 0.0951. The SMILES string of the molecule is Cc1cc(C(=O)NCc2ccc(NC(N)=O)cc2)c(C)s1. The molecule has 0 bridgehead atoms. The van der Waals surface area contributed by atoms with Crippen molar-refractivity contribution in [2.75, 3.05) is 5.32 Å². The molecule has 1 heterocycles. The molecule has 2 aromatic rings. The van der Waals surface area contributed by atoms with E-state index in [2.05, 4.69) is 10.6 Å². The number of aryl methyl sites for hydroxylation is 2. The molecule has 0 atom stereocenters. The maximum Gasteiger partial charge on any atom is 0.316 e. The summed E-state index contributed by atoms with van der Waals surface area (Å²) < 4.78 is 0. The molecule has 1 aromatic carbocycles. The number of rotatable bonds is 4. The van der Waals surface area contributed by atoms with Gasteiger partial charge in [0.2, 0.25) is 0 Å². The minimum Gasteiger partial charge on any atom is -0.351 e. The number of hydrogen-bond donors (Lipinski definition) is 3. The highest BCUT2D eigenvalue weighted by Crippen LogP contribution is 2.20. The molecule has 0 fully saturated rings. The number of carbonyl (C=O) groups excluding carboxylic acids is 2. The van der Waals surface area contributed by atoms with E-state index in [4.69, 9.17) is 5.73 Å². The van der Waals surface area contributed by atoms with Crippen molar-refractivity contribution < 1.29 is 9.59 Å². The van der Waals surface area contributed by atoms with Gasteiger partial charge in [0, 0.05) is 22.0 Å². The van der Waals surface area contributed by atoms with Gasteiger partial charge in [-0.25, -0.2) is 4.79 Å². The fourth-order valence-electron chi connectivity index (χ4n) is 1.98. The zero-order chi connectivity index (χ0) is 15.4. The van der Waals surface area contributed by atoms with E-state index in [1.54, 1.807) is 23.5 Å². The summed E-state index contributed by atoms with van der Waals surface area (Å²) in [6.45, 7) is 4.36. The molecule has 4 N–H and O–H groups in total. The van der Waals surface area contributed by atoms with E-state index in [1.807, 2.05) is 32.0 Å². The summed E-state index contributed by atoms with van der Waals surface area (Å²) in [6, 6.07) is 8.45. The van der Waals surface area contributed by atoms with Crippen molar-refractivity contribution in [1.29, 1.82) is 0 Å². The molecule has 21 heavy (non-hydrogen) atoms. The summed E-state index contributed by atoms with van der Waals surface area (Å²) in [6.07, 6.45) is 0. The first kappa shape index (κ1) is 15.1. The fraction of sp³-hybridized carbons (Fsp3) is 0.200. The van der Waals surface area contributed by atoms with Gasteiger partial charge in [-0.15, -0.1) is 11.3 Å². The number of thiophene rings is 1. The molecule has 2 rings (SSSR count). The van der Waals surface area contributed by atoms with Gasteiger partial charge in [-0.1, -0.05) is 12.1 Å². The number of urea groups is 1. The van der Waals surface area contributed by atoms with E-state index in [0.29, 0.717) is 12.2 Å². The summed E-state index contributed by atoms with van der Waals surface area (Å²) in [5.74, 6) is -0.0730. The monoisotopic (exact) mass is 303 g/mol. The van der Waals surface area contributed by atoms with Crippen molar-refractivity contribution in [2.24, 2.45) is 5.73 Å². The number of primary amides is 1. The minimum absolute atomic E-state index is 0.0730. The van der Waals surface area contributed by atoms with E-state index in [-0.39, 0.29) is 5.91 Å². The first-order valence-corrected chi connectivity index (χ1v) is 7.28. The van der Waals surface area contributed by atoms with Crippen LogP contribution in [0, 0.1) is 13.8 Å². The highest BCUT2D eigenvalue weighted by atomic mass is 32.1. The average molecular weight is 303 g/mol. The summed E-state index contributed by atoms with van der Waals surface area (Å²) in [4.78, 5) is 24.9. The van der Waals surface area contributed by atoms with Crippen LogP contribution in [0.5, 0.6) is 0 Å². The number of carbonyl (C=O) groups is 2. The second-order valence-electron chi connectivity index (χ2n) is 4.70. The van der Waals surface area contributed by atoms with Crippen molar-refractivity contribution >= 4 is 29.0 Å². The van der Waals surface area contributed by atoms with Gasteiger partial charge in [0.05, 0.1) is 5.56 Å². The minimum atomic E-state index is -0.598. The molecular formula is C15H17N3O2S. The molecule has 0 aliphatic carbocycles. The molecule has 0 spiro atoms. The smallest absolute Gasteiger partial charge is 0.316 e. The van der Waals surface area contributed by atoms with Crippen LogP contribution in [0.1, 0.15) is 25.7 Å². The Morgan fingerprint density at radius 2 is 1.86 bits per heavy atom. The van der Waals surface area contributed by atoms with Gasteiger partial charge < -0.3 is 16.4 Å². The van der Waals surface area contributed by atoms with E-state index >= 15 is 0 Å². The number of amides is 3. The molecule has 3 amide bonds. The molecule has 110 valence electrons. The lowest BCUT2D eigenvalue weighted by Crippen LogP contribution is -2.23. The molecule has 0 unspecified atom stereocenters. The Hall–Kier alpha value is -2.34. The fourth-order valence-corrected chi connectivity index (χ4v) is 2.90. The summed E-state index contributed by atoms with van der Waals surface area (Å²) in [7, 11) is 0. The van der Waals surface area contributed by atoms with Crippen molar-refractivity contribution in [3.05, 3.63) is 51.2 Å². The third-order valence-corrected chi connectivity index (χ3v) is 3.93. The van der Waals surface area contributed by atoms with Crippen molar-refractivity contribution in [3.8, 4) is 0 Å². The molecule has 6 heteroatoms. The number of anilines is 1. The Bertz CT molecular complexity index is 662. The lowest BCUT2D eigenvalue weighted by atomic mass is 10.2. The zero-order valence-corrected chi connectivity index (χ0v) is 12.7. The normalized spacial score (nSPS) is 10.2. The Balaban J connectivity index is 1.95. The number of nitrogens with two attached hydrogens (primary N) is 1. The van der Waals surface area contributed by atoms with Crippen LogP contribution in [0.15, 0.2) is 30.3 Å². The van der Waals surface area contributed by atoms with Gasteiger partial charge in [-0.05, 0) is 37.6 Å². The lowest BCUT2D eigenvalue weighted by Gasteiger charge is -2.06. The quantitative estimate of drug-likeness (QED) is 0.811. The van der Waals surface area contributed by atoms with Gasteiger partial charge >= 0.3 is 6.03 Å². The maximum absolute atomic E-state index is 12.1. The predicted octanol–water partition coefficient (Wildman–Crippen LogP) is 2.79. The van der Waals surface area contributed by atoms with Crippen LogP contribution in [0.2, 0.25) is 0 Å². The van der Waals surface area contributed by atoms with Crippen LogP contribution in [0.3, 0.4) is 0 Å². The van der Waals surface area contributed by atoms with E-state index in [1.165, 1.54) is 0 Å². The van der Waals surface area contributed by atoms with Crippen LogP contribution in [-0.2, 0) is 6.54 Å². The van der Waals surface area contributed by atoms with E-state index < -0.39 is 6.03 Å². The topological polar surface area (TPSA) is 84.2 Å². The van der Waals surface area contributed by atoms with Gasteiger partial charge in [0.25, 0.3) is 5.91 Å². The third-order valence-electron chi connectivity index (χ3n) is 2.96. The average Bonchev–Trinajstić information content (AvgIpc) is 2.76. The molecule has 1 aromatic heterocycles. The third kappa shape index (κ3) is 4.06. The molecule has 0 aliphatic heterocycles. The van der Waals surface area contributed by atoms with Crippen LogP contribution >= 0.6 is 11.3 Å². The molecule has 5 nitrogen and oxygen atoms in total. The summed E-state index contributed by atoms with van der Waals surface area (Å²) in [5.41, 5.74) is 7.34. The molecule has 0 saturated carbocycles. The van der Waals surface area contributed by atoms with Crippen LogP contribution in [-0.4, -0.2) is 11.9 Å². The Morgan fingerprint density at radius 3 is 2.38 bits per heavy atom. The van der Waals surface area contributed by atoms with Crippen LogP contribution < -0.4 is 16.4 Å². The van der Waals surface area contributed by atoms with Crippen molar-refractivity contribution in [2.45, 2.75) is 20.4 Å².